The first-order valence-corrected chi connectivity index (χ1v) is 9.56. The van der Waals surface area contributed by atoms with Crippen molar-refractivity contribution < 1.29 is 9.53 Å². The van der Waals surface area contributed by atoms with Gasteiger partial charge in [0.25, 0.3) is 0 Å². The van der Waals surface area contributed by atoms with E-state index in [1.165, 1.54) is 0 Å². The maximum absolute atomic E-state index is 12.7. The van der Waals surface area contributed by atoms with Gasteiger partial charge in [-0.15, -0.1) is 0 Å². The minimum Gasteiger partial charge on any atom is -0.495 e. The number of aryl methyl sites for hydroxylation is 1. The van der Waals surface area contributed by atoms with E-state index in [2.05, 4.69) is 21.2 Å². The number of rotatable bonds is 5. The molecule has 144 valence electrons. The van der Waals surface area contributed by atoms with Gasteiger partial charge in [0.05, 0.1) is 18.8 Å². The Balaban J connectivity index is 1.60. The van der Waals surface area contributed by atoms with Crippen molar-refractivity contribution in [3.63, 3.8) is 0 Å². The summed E-state index contributed by atoms with van der Waals surface area (Å²) in [6.45, 7) is 7.27. The monoisotopic (exact) mass is 387 g/mol. The maximum atomic E-state index is 12.7. The van der Waals surface area contributed by atoms with Crippen LogP contribution in [0.2, 0.25) is 5.02 Å². The summed E-state index contributed by atoms with van der Waals surface area (Å²) in [7, 11) is 1.69. The minimum atomic E-state index is -0.205. The van der Waals surface area contributed by atoms with Crippen molar-refractivity contribution in [1.29, 1.82) is 0 Å². The number of hydrogen-bond donors (Lipinski definition) is 1. The Morgan fingerprint density at radius 2 is 1.85 bits per heavy atom. The summed E-state index contributed by atoms with van der Waals surface area (Å²) in [5, 5.41) is 3.63. The summed E-state index contributed by atoms with van der Waals surface area (Å²) >= 11 is 6.05. The average Bonchev–Trinajstić information content (AvgIpc) is 2.70. The Bertz CT molecular complexity index is 804. The number of anilines is 2. The lowest BCUT2D eigenvalue weighted by Gasteiger charge is -2.38. The van der Waals surface area contributed by atoms with E-state index in [-0.39, 0.29) is 11.9 Å². The number of hydrogen-bond acceptors (Lipinski definition) is 4. The van der Waals surface area contributed by atoms with Gasteiger partial charge >= 0.3 is 0 Å². The van der Waals surface area contributed by atoms with E-state index in [1.807, 2.05) is 44.2 Å². The van der Waals surface area contributed by atoms with Gasteiger partial charge in [-0.05, 0) is 43.7 Å². The zero-order valence-corrected chi connectivity index (χ0v) is 16.8. The number of methoxy groups -OCH3 is 1. The smallest absolute Gasteiger partial charge is 0.241 e. The molecule has 0 aromatic heterocycles. The highest BCUT2D eigenvalue weighted by molar-refractivity contribution is 6.31. The third-order valence-corrected chi connectivity index (χ3v) is 5.36. The van der Waals surface area contributed by atoms with Gasteiger partial charge in [0.15, 0.2) is 0 Å². The third-order valence-electron chi connectivity index (χ3n) is 5.12. The van der Waals surface area contributed by atoms with Gasteiger partial charge in [-0.1, -0.05) is 29.8 Å². The first-order chi connectivity index (χ1) is 13.0. The summed E-state index contributed by atoms with van der Waals surface area (Å²) in [6, 6.07) is 13.4. The molecule has 1 heterocycles. The first-order valence-electron chi connectivity index (χ1n) is 9.18. The summed E-state index contributed by atoms with van der Waals surface area (Å²) in [6.07, 6.45) is 0. The van der Waals surface area contributed by atoms with Crippen molar-refractivity contribution in [3.05, 3.63) is 53.1 Å². The molecule has 0 aliphatic carbocycles. The Labute approximate surface area is 165 Å². The Morgan fingerprint density at radius 1 is 1.15 bits per heavy atom. The number of para-hydroxylation sites is 2. The molecule has 1 fully saturated rings. The van der Waals surface area contributed by atoms with Gasteiger partial charge in [0.1, 0.15) is 5.75 Å². The molecule has 1 N–H and O–H groups in total. The van der Waals surface area contributed by atoms with Crippen LogP contribution in [-0.4, -0.2) is 50.1 Å². The van der Waals surface area contributed by atoms with Crippen LogP contribution in [-0.2, 0) is 4.79 Å². The molecule has 0 spiro atoms. The lowest BCUT2D eigenvalue weighted by atomic mass is 10.1. The highest BCUT2D eigenvalue weighted by atomic mass is 35.5. The number of benzene rings is 2. The zero-order chi connectivity index (χ0) is 19.4. The van der Waals surface area contributed by atoms with Crippen molar-refractivity contribution in [1.82, 2.24) is 4.90 Å². The van der Waals surface area contributed by atoms with E-state index >= 15 is 0 Å². The summed E-state index contributed by atoms with van der Waals surface area (Å²) in [5.41, 5.74) is 2.87. The summed E-state index contributed by atoms with van der Waals surface area (Å²) in [4.78, 5) is 17.2. The maximum Gasteiger partial charge on any atom is 0.241 e. The van der Waals surface area contributed by atoms with Crippen LogP contribution in [0.15, 0.2) is 42.5 Å². The number of nitrogens with zero attached hydrogens (tertiary/aromatic N) is 2. The van der Waals surface area contributed by atoms with Crippen LogP contribution < -0.4 is 15.0 Å². The van der Waals surface area contributed by atoms with Crippen LogP contribution in [0.5, 0.6) is 5.75 Å². The molecule has 5 nitrogen and oxygen atoms in total. The number of carbonyl (C=O) groups is 1. The summed E-state index contributed by atoms with van der Waals surface area (Å²) in [5.74, 6) is 0.874. The molecule has 3 rings (SSSR count). The fourth-order valence-corrected chi connectivity index (χ4v) is 3.55. The molecule has 0 unspecified atom stereocenters. The van der Waals surface area contributed by atoms with Crippen LogP contribution in [0.3, 0.4) is 0 Å². The fourth-order valence-electron chi connectivity index (χ4n) is 3.37. The molecule has 2 aromatic carbocycles. The van der Waals surface area contributed by atoms with Crippen LogP contribution in [0, 0.1) is 6.92 Å². The number of nitrogens with one attached hydrogen (secondary N) is 1. The highest BCUT2D eigenvalue weighted by Crippen LogP contribution is 2.28. The molecule has 0 saturated carbocycles. The molecule has 1 aliphatic rings. The second-order valence-electron chi connectivity index (χ2n) is 6.82. The molecule has 1 atom stereocenters. The molecule has 1 saturated heterocycles. The van der Waals surface area contributed by atoms with Crippen LogP contribution in [0.25, 0.3) is 0 Å². The van der Waals surface area contributed by atoms with Gasteiger partial charge in [-0.25, -0.2) is 0 Å². The highest BCUT2D eigenvalue weighted by Gasteiger charge is 2.26. The first kappa shape index (κ1) is 19.5. The number of piperazine rings is 1. The standard InChI is InChI=1S/C21H26ClN3O2/c1-15-8-9-17(22)14-18(15)23-21(26)16(2)24-10-12-25(13-11-24)19-6-4-5-7-20(19)27-3/h4-9,14,16H,10-13H2,1-3H3,(H,23,26)/t16-/m0/s1. The predicted octanol–water partition coefficient (Wildman–Crippen LogP) is 3.81. The van der Waals surface area contributed by atoms with Gasteiger partial charge in [0.2, 0.25) is 5.91 Å². The van der Waals surface area contributed by atoms with E-state index in [9.17, 15) is 4.79 Å². The minimum absolute atomic E-state index is 0.00823. The third kappa shape index (κ3) is 4.54. The normalized spacial score (nSPS) is 16.1. The van der Waals surface area contributed by atoms with Crippen molar-refractivity contribution in [3.8, 4) is 5.75 Å². The topological polar surface area (TPSA) is 44.8 Å². The molecule has 2 aromatic rings. The van der Waals surface area contributed by atoms with E-state index in [0.717, 1.165) is 48.9 Å². The second kappa shape index (κ2) is 8.63. The lowest BCUT2D eigenvalue weighted by Crippen LogP contribution is -2.52. The molecule has 1 amide bonds. The lowest BCUT2D eigenvalue weighted by molar-refractivity contribution is -0.120. The van der Waals surface area contributed by atoms with E-state index in [0.29, 0.717) is 5.02 Å². The fraction of sp³-hybridized carbons (Fsp3) is 0.381. The van der Waals surface area contributed by atoms with Crippen LogP contribution >= 0.6 is 11.6 Å². The van der Waals surface area contributed by atoms with Crippen molar-refractivity contribution in [2.24, 2.45) is 0 Å². The van der Waals surface area contributed by atoms with Crippen molar-refractivity contribution in [2.75, 3.05) is 43.5 Å². The van der Waals surface area contributed by atoms with Gasteiger partial charge in [-0.3, -0.25) is 9.69 Å². The van der Waals surface area contributed by atoms with Crippen molar-refractivity contribution >= 4 is 28.9 Å². The number of carbonyl (C=O) groups excluding carboxylic acids is 1. The Kier molecular flexibility index (Phi) is 6.24. The molecule has 1 aliphatic heterocycles. The summed E-state index contributed by atoms with van der Waals surface area (Å²) < 4.78 is 5.47. The molecule has 0 bridgehead atoms. The van der Waals surface area contributed by atoms with Crippen LogP contribution in [0.1, 0.15) is 12.5 Å². The Hall–Kier alpha value is -2.24. The largest absolute Gasteiger partial charge is 0.495 e. The van der Waals surface area contributed by atoms with E-state index in [1.54, 1.807) is 13.2 Å². The van der Waals surface area contributed by atoms with Gasteiger partial charge < -0.3 is 15.0 Å². The number of halogens is 1. The SMILES string of the molecule is COc1ccccc1N1CCN([C@@H](C)C(=O)Nc2cc(Cl)ccc2C)CC1. The quantitative estimate of drug-likeness (QED) is 0.847. The Morgan fingerprint density at radius 3 is 2.56 bits per heavy atom. The predicted molar refractivity (Wildman–Crippen MR) is 111 cm³/mol. The van der Waals surface area contributed by atoms with Crippen molar-refractivity contribution in [2.45, 2.75) is 19.9 Å². The molecular weight excluding hydrogens is 362 g/mol. The second-order valence-corrected chi connectivity index (χ2v) is 7.26. The number of ether oxygens (including phenoxy) is 1. The average molecular weight is 388 g/mol. The number of amides is 1. The molecule has 0 radical (unpaired) electrons. The van der Waals surface area contributed by atoms with Crippen LogP contribution in [0.4, 0.5) is 11.4 Å². The van der Waals surface area contributed by atoms with E-state index < -0.39 is 0 Å². The van der Waals surface area contributed by atoms with E-state index in [4.69, 9.17) is 16.3 Å². The molecular formula is C21H26ClN3O2. The van der Waals surface area contributed by atoms with Gasteiger partial charge in [-0.2, -0.15) is 0 Å². The zero-order valence-electron chi connectivity index (χ0n) is 16.0. The van der Waals surface area contributed by atoms with Gasteiger partial charge in [0, 0.05) is 36.9 Å². The molecule has 6 heteroatoms. The molecule has 27 heavy (non-hydrogen) atoms.